The molecule has 1 amide bonds. The van der Waals surface area contributed by atoms with Crippen molar-refractivity contribution in [2.75, 3.05) is 20.2 Å². The molecule has 2 rings (SSSR count). The van der Waals surface area contributed by atoms with Gasteiger partial charge in [-0.3, -0.25) is 4.79 Å². The van der Waals surface area contributed by atoms with E-state index >= 15 is 0 Å². The van der Waals surface area contributed by atoms with Gasteiger partial charge in [-0.1, -0.05) is 5.16 Å². The van der Waals surface area contributed by atoms with Crippen molar-refractivity contribution < 1.29 is 14.1 Å². The number of likely N-dealkylation sites (N-methyl/N-ethyl adjacent to an activating group) is 1. The molecule has 1 aliphatic rings. The average molecular weight is 266 g/mol. The number of hydrogen-bond acceptors (Lipinski definition) is 4. The molecule has 106 valence electrons. The van der Waals surface area contributed by atoms with Gasteiger partial charge in [0.15, 0.2) is 0 Å². The van der Waals surface area contributed by atoms with Crippen LogP contribution < -0.4 is 0 Å². The molecule has 1 fully saturated rings. The van der Waals surface area contributed by atoms with Crippen molar-refractivity contribution in [2.45, 2.75) is 45.1 Å². The number of amides is 1. The van der Waals surface area contributed by atoms with Crippen molar-refractivity contribution in [3.8, 4) is 0 Å². The highest BCUT2D eigenvalue weighted by molar-refractivity contribution is 5.78. The number of ether oxygens (including phenoxy) is 1. The van der Waals surface area contributed by atoms with E-state index in [1.165, 1.54) is 6.42 Å². The van der Waals surface area contributed by atoms with Crippen LogP contribution in [0.5, 0.6) is 0 Å². The molecule has 0 aliphatic carbocycles. The van der Waals surface area contributed by atoms with Gasteiger partial charge in [-0.2, -0.15) is 0 Å². The summed E-state index contributed by atoms with van der Waals surface area (Å²) in [5.41, 5.74) is 0.697. The number of carbonyl (C=O) groups excluding carboxylic acids is 1. The molecule has 1 aliphatic heterocycles. The van der Waals surface area contributed by atoms with E-state index in [2.05, 4.69) is 5.16 Å². The summed E-state index contributed by atoms with van der Waals surface area (Å²) >= 11 is 0. The van der Waals surface area contributed by atoms with Crippen molar-refractivity contribution in [1.82, 2.24) is 10.1 Å². The molecule has 0 radical (unpaired) electrons. The van der Waals surface area contributed by atoms with E-state index in [-0.39, 0.29) is 5.91 Å². The first-order valence-corrected chi connectivity index (χ1v) is 6.93. The van der Waals surface area contributed by atoms with Gasteiger partial charge in [-0.15, -0.1) is 0 Å². The van der Waals surface area contributed by atoms with Crippen molar-refractivity contribution in [2.24, 2.45) is 0 Å². The maximum Gasteiger partial charge on any atom is 0.228 e. The van der Waals surface area contributed by atoms with Crippen LogP contribution in [0.3, 0.4) is 0 Å². The highest BCUT2D eigenvalue weighted by Gasteiger charge is 2.17. The number of hydrogen-bond donors (Lipinski definition) is 0. The van der Waals surface area contributed by atoms with Gasteiger partial charge in [0.2, 0.25) is 5.91 Å². The van der Waals surface area contributed by atoms with Crippen LogP contribution in [0.1, 0.15) is 37.1 Å². The van der Waals surface area contributed by atoms with Crippen LogP contribution in [-0.2, 0) is 16.0 Å². The second kappa shape index (κ2) is 6.70. The lowest BCUT2D eigenvalue weighted by Gasteiger charge is -2.25. The molecule has 0 spiro atoms. The third kappa shape index (κ3) is 4.35. The third-order valence-corrected chi connectivity index (χ3v) is 3.50. The summed E-state index contributed by atoms with van der Waals surface area (Å²) in [7, 11) is 1.83. The van der Waals surface area contributed by atoms with Crippen LogP contribution in [0.4, 0.5) is 0 Å². The van der Waals surface area contributed by atoms with Gasteiger partial charge in [0.1, 0.15) is 5.76 Å². The highest BCUT2D eigenvalue weighted by Crippen LogP contribution is 2.16. The Bertz CT molecular complexity index is 411. The largest absolute Gasteiger partial charge is 0.378 e. The molecular formula is C14H22N2O3. The monoisotopic (exact) mass is 266 g/mol. The Morgan fingerprint density at radius 2 is 2.37 bits per heavy atom. The Morgan fingerprint density at radius 1 is 1.53 bits per heavy atom. The molecule has 1 aromatic heterocycles. The van der Waals surface area contributed by atoms with Gasteiger partial charge in [-0.25, -0.2) is 0 Å². The fourth-order valence-electron chi connectivity index (χ4n) is 2.29. The third-order valence-electron chi connectivity index (χ3n) is 3.50. The standard InChI is InChI=1S/C14H22N2O3/c1-11-9-12(15-19-11)10-14(17)16(2)7-6-13-5-3-4-8-18-13/h9,13H,3-8,10H2,1-2H3. The molecule has 5 nitrogen and oxygen atoms in total. The Morgan fingerprint density at radius 3 is 3.00 bits per heavy atom. The van der Waals surface area contributed by atoms with Gasteiger partial charge in [-0.05, 0) is 32.6 Å². The second-order valence-corrected chi connectivity index (χ2v) is 5.20. The molecule has 2 heterocycles. The maximum absolute atomic E-state index is 12.0. The number of rotatable bonds is 5. The molecule has 1 atom stereocenters. The lowest BCUT2D eigenvalue weighted by Crippen LogP contribution is -2.32. The highest BCUT2D eigenvalue weighted by atomic mass is 16.5. The van der Waals surface area contributed by atoms with Crippen LogP contribution in [0, 0.1) is 6.92 Å². The minimum absolute atomic E-state index is 0.0732. The number of nitrogens with zero attached hydrogens (tertiary/aromatic N) is 2. The average Bonchev–Trinajstić information content (AvgIpc) is 2.82. The first-order valence-electron chi connectivity index (χ1n) is 6.93. The Balaban J connectivity index is 1.72. The normalized spacial score (nSPS) is 19.4. The lowest BCUT2D eigenvalue weighted by molar-refractivity contribution is -0.129. The zero-order valence-electron chi connectivity index (χ0n) is 11.7. The van der Waals surface area contributed by atoms with Crippen LogP contribution >= 0.6 is 0 Å². The summed E-state index contributed by atoms with van der Waals surface area (Å²) in [6.07, 6.45) is 5.06. The van der Waals surface area contributed by atoms with Gasteiger partial charge in [0.25, 0.3) is 0 Å². The maximum atomic E-state index is 12.0. The van der Waals surface area contributed by atoms with Gasteiger partial charge < -0.3 is 14.2 Å². The van der Waals surface area contributed by atoms with Crippen molar-refractivity contribution in [3.05, 3.63) is 17.5 Å². The fraction of sp³-hybridized carbons (Fsp3) is 0.714. The SMILES string of the molecule is Cc1cc(CC(=O)N(C)CCC2CCCCO2)no1. The molecule has 1 aromatic rings. The summed E-state index contributed by atoms with van der Waals surface area (Å²) < 4.78 is 10.6. The molecule has 0 saturated carbocycles. The second-order valence-electron chi connectivity index (χ2n) is 5.20. The zero-order valence-corrected chi connectivity index (χ0v) is 11.7. The zero-order chi connectivity index (χ0) is 13.7. The molecule has 1 saturated heterocycles. The summed E-state index contributed by atoms with van der Waals surface area (Å²) in [4.78, 5) is 13.7. The van der Waals surface area contributed by atoms with Crippen LogP contribution in [0.15, 0.2) is 10.6 Å². The first-order chi connectivity index (χ1) is 9.15. The Hall–Kier alpha value is -1.36. The number of aromatic nitrogens is 1. The first kappa shape index (κ1) is 14.1. The van der Waals surface area contributed by atoms with Gasteiger partial charge in [0, 0.05) is 26.3 Å². The van der Waals surface area contributed by atoms with Crippen LogP contribution in [-0.4, -0.2) is 42.3 Å². The molecule has 5 heteroatoms. The van der Waals surface area contributed by atoms with Crippen molar-refractivity contribution >= 4 is 5.91 Å². The quantitative estimate of drug-likeness (QED) is 0.817. The minimum atomic E-state index is 0.0732. The molecule has 19 heavy (non-hydrogen) atoms. The van der Waals surface area contributed by atoms with E-state index in [1.807, 2.05) is 14.0 Å². The van der Waals surface area contributed by atoms with Gasteiger partial charge >= 0.3 is 0 Å². The number of aryl methyl sites for hydroxylation is 1. The molecule has 1 unspecified atom stereocenters. The molecule has 0 bridgehead atoms. The summed E-state index contributed by atoms with van der Waals surface area (Å²) in [5.74, 6) is 0.810. The smallest absolute Gasteiger partial charge is 0.228 e. The Kier molecular flexibility index (Phi) is 4.96. The Labute approximate surface area is 113 Å². The van der Waals surface area contributed by atoms with E-state index in [0.717, 1.165) is 38.2 Å². The van der Waals surface area contributed by atoms with Crippen molar-refractivity contribution in [3.63, 3.8) is 0 Å². The molecule has 0 N–H and O–H groups in total. The van der Waals surface area contributed by atoms with E-state index in [4.69, 9.17) is 9.26 Å². The predicted octanol–water partition coefficient (Wildman–Crippen LogP) is 1.94. The van der Waals surface area contributed by atoms with E-state index < -0.39 is 0 Å². The van der Waals surface area contributed by atoms with Crippen LogP contribution in [0.25, 0.3) is 0 Å². The minimum Gasteiger partial charge on any atom is -0.378 e. The lowest BCUT2D eigenvalue weighted by atomic mass is 10.1. The molecule has 0 aromatic carbocycles. The van der Waals surface area contributed by atoms with Crippen molar-refractivity contribution in [1.29, 1.82) is 0 Å². The van der Waals surface area contributed by atoms with Gasteiger partial charge in [0.05, 0.1) is 18.2 Å². The van der Waals surface area contributed by atoms with E-state index in [1.54, 1.807) is 11.0 Å². The summed E-state index contributed by atoms with van der Waals surface area (Å²) in [5, 5.41) is 3.84. The molecular weight excluding hydrogens is 244 g/mol. The predicted molar refractivity (Wildman–Crippen MR) is 70.8 cm³/mol. The summed E-state index contributed by atoms with van der Waals surface area (Å²) in [6.45, 7) is 3.42. The fourth-order valence-corrected chi connectivity index (χ4v) is 2.29. The number of carbonyl (C=O) groups is 1. The summed E-state index contributed by atoms with van der Waals surface area (Å²) in [6, 6.07) is 1.80. The van der Waals surface area contributed by atoms with E-state index in [9.17, 15) is 4.79 Å². The van der Waals surface area contributed by atoms with Crippen LogP contribution in [0.2, 0.25) is 0 Å². The topological polar surface area (TPSA) is 55.6 Å². The van der Waals surface area contributed by atoms with E-state index in [0.29, 0.717) is 18.2 Å².